The Hall–Kier alpha value is -1.70. The molecule has 0 aliphatic heterocycles. The molecule has 2 unspecified atom stereocenters. The van der Waals surface area contributed by atoms with Crippen molar-refractivity contribution < 1.29 is 9.59 Å². The van der Waals surface area contributed by atoms with Gasteiger partial charge in [0.1, 0.15) is 0 Å². The van der Waals surface area contributed by atoms with Gasteiger partial charge >= 0.3 is 0 Å². The summed E-state index contributed by atoms with van der Waals surface area (Å²) in [6.45, 7) is 16.6. The van der Waals surface area contributed by atoms with Crippen LogP contribution in [0.25, 0.3) is 0 Å². The molecule has 2 nitrogen and oxygen atoms in total. The molecular formula is C23H32O2. The summed E-state index contributed by atoms with van der Waals surface area (Å²) in [7, 11) is 0. The fourth-order valence-corrected chi connectivity index (χ4v) is 3.63. The summed E-state index contributed by atoms with van der Waals surface area (Å²) in [5.74, 6) is 0.0707. The Morgan fingerprint density at radius 2 is 1.04 bits per heavy atom. The highest BCUT2D eigenvalue weighted by molar-refractivity contribution is 6.05. The van der Waals surface area contributed by atoms with Gasteiger partial charge in [-0.2, -0.15) is 0 Å². The second-order valence-corrected chi connectivity index (χ2v) is 9.75. The molecule has 2 rings (SSSR count). The minimum atomic E-state index is -0.123. The Morgan fingerprint density at radius 1 is 0.720 bits per heavy atom. The van der Waals surface area contributed by atoms with Gasteiger partial charge in [0.15, 0.2) is 11.6 Å². The molecular weight excluding hydrogens is 308 g/mol. The van der Waals surface area contributed by atoms with E-state index in [1.165, 1.54) is 0 Å². The molecule has 0 heterocycles. The van der Waals surface area contributed by atoms with Crippen molar-refractivity contribution in [3.05, 3.63) is 46.6 Å². The first-order valence-corrected chi connectivity index (χ1v) is 9.17. The van der Waals surface area contributed by atoms with Crippen molar-refractivity contribution in [1.82, 2.24) is 0 Å². The van der Waals surface area contributed by atoms with Crippen molar-refractivity contribution in [3.63, 3.8) is 0 Å². The SMILES string of the molecule is CC1=CC(C(C)(C)C)C(=O)C(CC2=CC(C)=CC(C(C)(C)C)C2=O)=C1. The Kier molecular flexibility index (Phi) is 5.14. The quantitative estimate of drug-likeness (QED) is 0.654. The number of ketones is 2. The van der Waals surface area contributed by atoms with Crippen molar-refractivity contribution in [1.29, 1.82) is 0 Å². The van der Waals surface area contributed by atoms with Gasteiger partial charge in [0.25, 0.3) is 0 Å². The number of carbonyl (C=O) groups is 2. The summed E-state index contributed by atoms with van der Waals surface area (Å²) in [4.78, 5) is 26.0. The van der Waals surface area contributed by atoms with E-state index in [-0.39, 0.29) is 34.2 Å². The molecule has 0 radical (unpaired) electrons. The van der Waals surface area contributed by atoms with E-state index < -0.39 is 0 Å². The number of allylic oxidation sites excluding steroid dienone is 8. The number of rotatable bonds is 2. The molecule has 2 aliphatic carbocycles. The number of hydrogen-bond acceptors (Lipinski definition) is 2. The number of carbonyl (C=O) groups excluding carboxylic acids is 2. The van der Waals surface area contributed by atoms with Gasteiger partial charge in [-0.1, -0.05) is 77.0 Å². The van der Waals surface area contributed by atoms with Gasteiger partial charge in [0.2, 0.25) is 0 Å². The molecule has 2 heteroatoms. The van der Waals surface area contributed by atoms with E-state index in [0.29, 0.717) is 6.42 Å². The molecule has 0 bridgehead atoms. The first-order valence-electron chi connectivity index (χ1n) is 9.17. The van der Waals surface area contributed by atoms with Crippen LogP contribution >= 0.6 is 0 Å². The highest BCUT2D eigenvalue weighted by Gasteiger charge is 2.37. The monoisotopic (exact) mass is 340 g/mol. The van der Waals surface area contributed by atoms with Crippen LogP contribution in [-0.4, -0.2) is 11.6 Å². The molecule has 0 aromatic carbocycles. The van der Waals surface area contributed by atoms with Gasteiger partial charge in [-0.25, -0.2) is 0 Å². The molecule has 0 amide bonds. The average Bonchev–Trinajstić information content (AvgIpc) is 2.43. The lowest BCUT2D eigenvalue weighted by atomic mass is 9.70. The maximum Gasteiger partial charge on any atom is 0.166 e. The predicted molar refractivity (Wildman–Crippen MR) is 104 cm³/mol. The first-order chi connectivity index (χ1) is 11.3. The van der Waals surface area contributed by atoms with Gasteiger partial charge in [0.05, 0.1) is 0 Å². The maximum atomic E-state index is 13.0. The third-order valence-electron chi connectivity index (χ3n) is 5.11. The lowest BCUT2D eigenvalue weighted by molar-refractivity contribution is -0.120. The Morgan fingerprint density at radius 3 is 1.32 bits per heavy atom. The van der Waals surface area contributed by atoms with Gasteiger partial charge in [-0.15, -0.1) is 0 Å². The van der Waals surface area contributed by atoms with E-state index in [2.05, 4.69) is 53.7 Å². The summed E-state index contributed by atoms with van der Waals surface area (Å²) in [5.41, 5.74) is 3.51. The molecule has 0 saturated heterocycles. The Labute approximate surface area is 152 Å². The van der Waals surface area contributed by atoms with Crippen LogP contribution in [0, 0.1) is 22.7 Å². The fourth-order valence-electron chi connectivity index (χ4n) is 3.63. The second-order valence-electron chi connectivity index (χ2n) is 9.75. The van der Waals surface area contributed by atoms with Gasteiger partial charge in [-0.05, 0) is 24.7 Å². The van der Waals surface area contributed by atoms with Crippen molar-refractivity contribution in [2.45, 2.75) is 61.8 Å². The van der Waals surface area contributed by atoms with Crippen molar-refractivity contribution in [2.75, 3.05) is 0 Å². The highest BCUT2D eigenvalue weighted by Crippen LogP contribution is 2.39. The predicted octanol–water partition coefficient (Wildman–Crippen LogP) is 5.61. The maximum absolute atomic E-state index is 13.0. The molecule has 25 heavy (non-hydrogen) atoms. The van der Waals surface area contributed by atoms with E-state index in [1.807, 2.05) is 26.0 Å². The fraction of sp³-hybridized carbons (Fsp3) is 0.565. The van der Waals surface area contributed by atoms with Crippen LogP contribution in [0.1, 0.15) is 61.8 Å². The minimum Gasteiger partial charge on any atom is -0.294 e. The van der Waals surface area contributed by atoms with E-state index in [0.717, 1.165) is 22.3 Å². The lowest BCUT2D eigenvalue weighted by Crippen LogP contribution is -2.33. The van der Waals surface area contributed by atoms with Crippen LogP contribution in [0.15, 0.2) is 46.6 Å². The molecule has 136 valence electrons. The summed E-state index contributed by atoms with van der Waals surface area (Å²) in [6.07, 6.45) is 8.47. The second kappa shape index (κ2) is 6.55. The van der Waals surface area contributed by atoms with Gasteiger partial charge in [-0.3, -0.25) is 9.59 Å². The van der Waals surface area contributed by atoms with Crippen LogP contribution in [0.3, 0.4) is 0 Å². The van der Waals surface area contributed by atoms with Crippen molar-refractivity contribution >= 4 is 11.6 Å². The molecule has 0 fully saturated rings. The van der Waals surface area contributed by atoms with Crippen LogP contribution in [-0.2, 0) is 9.59 Å². The van der Waals surface area contributed by atoms with Crippen molar-refractivity contribution in [3.8, 4) is 0 Å². The Bertz CT molecular complexity index is 650. The number of hydrogen-bond donors (Lipinski definition) is 0. The molecule has 0 aromatic rings. The topological polar surface area (TPSA) is 34.1 Å². The van der Waals surface area contributed by atoms with Crippen LogP contribution < -0.4 is 0 Å². The third kappa shape index (κ3) is 4.29. The van der Waals surface area contributed by atoms with Gasteiger partial charge < -0.3 is 0 Å². The molecule has 0 spiro atoms. The first kappa shape index (κ1) is 19.6. The largest absolute Gasteiger partial charge is 0.294 e. The molecule has 2 aliphatic rings. The average molecular weight is 341 g/mol. The Balaban J connectivity index is 2.33. The third-order valence-corrected chi connectivity index (χ3v) is 5.11. The van der Waals surface area contributed by atoms with E-state index in [9.17, 15) is 9.59 Å². The zero-order chi connectivity index (χ0) is 19.2. The zero-order valence-corrected chi connectivity index (χ0v) is 17.0. The van der Waals surface area contributed by atoms with Crippen LogP contribution in [0.4, 0.5) is 0 Å². The zero-order valence-electron chi connectivity index (χ0n) is 17.0. The molecule has 2 atom stereocenters. The summed E-state index contributed by atoms with van der Waals surface area (Å²) in [5, 5.41) is 0. The van der Waals surface area contributed by atoms with E-state index in [4.69, 9.17) is 0 Å². The molecule has 0 saturated carbocycles. The van der Waals surface area contributed by atoms with E-state index >= 15 is 0 Å². The van der Waals surface area contributed by atoms with Crippen LogP contribution in [0.2, 0.25) is 0 Å². The highest BCUT2D eigenvalue weighted by atomic mass is 16.1. The molecule has 0 aromatic heterocycles. The minimum absolute atomic E-state index is 0.118. The smallest absolute Gasteiger partial charge is 0.166 e. The summed E-state index contributed by atoms with van der Waals surface area (Å²) < 4.78 is 0. The summed E-state index contributed by atoms with van der Waals surface area (Å²) in [6, 6.07) is 0. The lowest BCUT2D eigenvalue weighted by Gasteiger charge is -2.33. The van der Waals surface area contributed by atoms with Crippen molar-refractivity contribution in [2.24, 2.45) is 22.7 Å². The number of Topliss-reactive ketones (excluding diaryl/α,β-unsaturated/α-hetero) is 2. The van der Waals surface area contributed by atoms with Gasteiger partial charge in [0, 0.05) is 29.4 Å². The summed E-state index contributed by atoms with van der Waals surface area (Å²) >= 11 is 0. The standard InChI is InChI=1S/C23H32O2/c1-14-9-16(20(24)18(11-14)22(3,4)5)13-17-10-15(2)12-19(21(17)25)23(6,7)8/h9-12,18-19H,13H2,1-8H3. The molecule has 0 N–H and O–H groups in total. The normalized spacial score (nSPS) is 25.3. The van der Waals surface area contributed by atoms with Crippen LogP contribution in [0.5, 0.6) is 0 Å². The van der Waals surface area contributed by atoms with E-state index in [1.54, 1.807) is 0 Å².